The van der Waals surface area contributed by atoms with Crippen LogP contribution in [0.25, 0.3) is 0 Å². The molecular weight excluding hydrogens is 708 g/mol. The number of ether oxygens (including phenoxy) is 12. The molecule has 0 saturated carbocycles. The van der Waals surface area contributed by atoms with Gasteiger partial charge in [-0.05, 0) is 0 Å². The van der Waals surface area contributed by atoms with E-state index in [0.29, 0.717) is 0 Å². The Morgan fingerprint density at radius 3 is 0.981 bits per heavy atom. The minimum Gasteiger partial charge on any atom is -0.463 e. The van der Waals surface area contributed by atoms with Crippen molar-refractivity contribution >= 4 is 47.8 Å². The van der Waals surface area contributed by atoms with E-state index >= 15 is 0 Å². The summed E-state index contributed by atoms with van der Waals surface area (Å²) in [5.41, 5.74) is 0. The van der Waals surface area contributed by atoms with E-state index in [1.807, 2.05) is 0 Å². The van der Waals surface area contributed by atoms with Crippen molar-refractivity contribution in [2.24, 2.45) is 0 Å². The van der Waals surface area contributed by atoms with Gasteiger partial charge in [-0.3, -0.25) is 38.4 Å². The van der Waals surface area contributed by atoms with Gasteiger partial charge in [0, 0.05) is 55.4 Å². The summed E-state index contributed by atoms with van der Waals surface area (Å²) in [6.45, 7) is 6.10. The first-order valence-corrected chi connectivity index (χ1v) is 15.8. The Bertz CT molecular complexity index is 1200. The molecule has 2 heterocycles. The highest BCUT2D eigenvalue weighted by Crippen LogP contribution is 2.32. The zero-order chi connectivity index (χ0) is 39.3. The fourth-order valence-electron chi connectivity index (χ4n) is 5.11. The van der Waals surface area contributed by atoms with Crippen LogP contribution in [0.4, 0.5) is 0 Å². The number of carbonyl (C=O) groups excluding carboxylic acids is 8. The molecule has 21 heteroatoms. The molecule has 2 aliphatic rings. The normalized spacial score (nSPS) is 28.9. The van der Waals surface area contributed by atoms with Gasteiger partial charge in [-0.2, -0.15) is 0 Å². The number of hydrogen-bond donors (Lipinski definition) is 1. The number of esters is 8. The Morgan fingerprint density at radius 2 is 0.712 bits per heavy atom. The summed E-state index contributed by atoms with van der Waals surface area (Å²) < 4.78 is 65.0. The maximum Gasteiger partial charge on any atom is 0.303 e. The van der Waals surface area contributed by atoms with Gasteiger partial charge in [0.15, 0.2) is 49.2 Å². The summed E-state index contributed by atoms with van der Waals surface area (Å²) in [6, 6.07) is 0. The Kier molecular flexibility index (Phi) is 17.3. The fraction of sp³-hybridized carbons (Fsp3) is 0.742. The molecule has 21 nitrogen and oxygen atoms in total. The molecule has 2 rings (SSSR count). The fourth-order valence-corrected chi connectivity index (χ4v) is 5.11. The van der Waals surface area contributed by atoms with Crippen molar-refractivity contribution in [3.05, 3.63) is 0 Å². The van der Waals surface area contributed by atoms with E-state index in [9.17, 15) is 43.5 Å². The van der Waals surface area contributed by atoms with Gasteiger partial charge in [0.25, 0.3) is 0 Å². The lowest BCUT2D eigenvalue weighted by molar-refractivity contribution is -0.319. The van der Waals surface area contributed by atoms with Crippen molar-refractivity contribution in [3.63, 3.8) is 0 Å². The van der Waals surface area contributed by atoms with Crippen LogP contribution >= 0.6 is 0 Å². The largest absolute Gasteiger partial charge is 0.463 e. The van der Waals surface area contributed by atoms with Crippen LogP contribution in [-0.2, 0) is 95.2 Å². The van der Waals surface area contributed by atoms with Crippen molar-refractivity contribution < 1.29 is 100 Å². The Labute approximate surface area is 297 Å². The third kappa shape index (κ3) is 14.3. The van der Waals surface area contributed by atoms with E-state index in [-0.39, 0.29) is 0 Å². The number of hydrogen-bond acceptors (Lipinski definition) is 21. The van der Waals surface area contributed by atoms with Crippen LogP contribution in [0, 0.1) is 0 Å². The van der Waals surface area contributed by atoms with Crippen LogP contribution in [0.15, 0.2) is 0 Å². The lowest BCUT2D eigenvalue weighted by Crippen LogP contribution is -2.63. The predicted octanol–water partition coefficient (Wildman–Crippen LogP) is -1.45. The zero-order valence-electron chi connectivity index (χ0n) is 29.8. The number of aliphatic hydroxyl groups excluding tert-OH is 1. The second-order valence-corrected chi connectivity index (χ2v) is 11.5. The number of carbonyl (C=O) groups is 8. The molecule has 0 aromatic heterocycles. The molecule has 0 spiro atoms. The van der Waals surface area contributed by atoms with E-state index in [0.717, 1.165) is 55.4 Å². The van der Waals surface area contributed by atoms with Crippen LogP contribution < -0.4 is 0 Å². The molecule has 52 heavy (non-hydrogen) atoms. The highest BCUT2D eigenvalue weighted by atomic mass is 16.8. The second-order valence-electron chi connectivity index (χ2n) is 11.5. The molecule has 0 radical (unpaired) electrons. The molecule has 2 fully saturated rings. The molecule has 0 aromatic rings. The number of rotatable bonds is 16. The van der Waals surface area contributed by atoms with E-state index in [4.69, 9.17) is 56.8 Å². The molecule has 0 aromatic carbocycles. The summed E-state index contributed by atoms with van der Waals surface area (Å²) >= 11 is 0. The van der Waals surface area contributed by atoms with Crippen molar-refractivity contribution in [3.8, 4) is 0 Å². The maximum atomic E-state index is 12.1. The smallest absolute Gasteiger partial charge is 0.303 e. The van der Waals surface area contributed by atoms with Crippen LogP contribution in [0.5, 0.6) is 0 Å². The van der Waals surface area contributed by atoms with Gasteiger partial charge in [0.2, 0.25) is 0 Å². The molecule has 10 atom stereocenters. The van der Waals surface area contributed by atoms with E-state index in [1.54, 1.807) is 0 Å². The summed E-state index contributed by atoms with van der Waals surface area (Å²) in [4.78, 5) is 95.3. The van der Waals surface area contributed by atoms with Crippen molar-refractivity contribution in [1.82, 2.24) is 0 Å². The van der Waals surface area contributed by atoms with E-state index in [2.05, 4.69) is 0 Å². The minimum absolute atomic E-state index is 0.522. The third-order valence-electron chi connectivity index (χ3n) is 6.80. The van der Waals surface area contributed by atoms with Crippen LogP contribution in [0.3, 0.4) is 0 Å². The quantitative estimate of drug-likeness (QED) is 0.139. The lowest BCUT2D eigenvalue weighted by Gasteiger charge is -2.44. The summed E-state index contributed by atoms with van der Waals surface area (Å²) in [7, 11) is 0. The van der Waals surface area contributed by atoms with Gasteiger partial charge in [0.1, 0.15) is 31.5 Å². The van der Waals surface area contributed by atoms with E-state index in [1.165, 1.54) is 0 Å². The molecule has 2 saturated heterocycles. The molecule has 294 valence electrons. The highest BCUT2D eigenvalue weighted by molar-refractivity contribution is 5.70. The maximum absolute atomic E-state index is 12.1. The Balaban J connectivity index is 2.34. The number of aliphatic hydroxyl groups is 1. The van der Waals surface area contributed by atoms with Crippen molar-refractivity contribution in [2.45, 2.75) is 123 Å². The molecule has 6 unspecified atom stereocenters. The minimum atomic E-state index is -1.62. The van der Waals surface area contributed by atoms with Gasteiger partial charge in [-0.25, -0.2) is 0 Å². The molecular formula is C31H44O21. The van der Waals surface area contributed by atoms with Crippen LogP contribution in [-0.4, -0.2) is 147 Å². The summed E-state index contributed by atoms with van der Waals surface area (Å²) in [5, 5.41) is 10.9. The lowest BCUT2D eigenvalue weighted by atomic mass is 9.98. The SMILES string of the molecule is CC(=O)OCC1OC(OCC(O)COC2OC(COC(C)=O)[C@@H](OC(C)=O)C(OC(C)=O)[C@H]2OC(C)=O)[C@H](OC(C)=O)C(OC(C)=O)[C@@H]1OC(C)=O. The van der Waals surface area contributed by atoms with E-state index < -0.39 is 142 Å². The first kappa shape index (κ1) is 43.7. The average Bonchev–Trinajstić information content (AvgIpc) is 3.00. The second kappa shape index (κ2) is 20.6. The first-order chi connectivity index (χ1) is 24.3. The van der Waals surface area contributed by atoms with Gasteiger partial charge < -0.3 is 61.9 Å². The van der Waals surface area contributed by atoms with Gasteiger partial charge >= 0.3 is 47.8 Å². The monoisotopic (exact) mass is 752 g/mol. The zero-order valence-corrected chi connectivity index (χ0v) is 29.8. The van der Waals surface area contributed by atoms with Gasteiger partial charge in [-0.15, -0.1) is 0 Å². The van der Waals surface area contributed by atoms with Gasteiger partial charge in [0.05, 0.1) is 13.2 Å². The van der Waals surface area contributed by atoms with Gasteiger partial charge in [-0.1, -0.05) is 0 Å². The van der Waals surface area contributed by atoms with Crippen molar-refractivity contribution in [2.75, 3.05) is 26.4 Å². The summed E-state index contributed by atoms with van der Waals surface area (Å²) in [6.07, 6.45) is -16.6. The molecule has 0 bridgehead atoms. The first-order valence-electron chi connectivity index (χ1n) is 15.8. The van der Waals surface area contributed by atoms with Crippen LogP contribution in [0.2, 0.25) is 0 Å². The molecule has 1 N–H and O–H groups in total. The van der Waals surface area contributed by atoms with Crippen LogP contribution in [0.1, 0.15) is 55.4 Å². The standard InChI is InChI=1S/C31H44O21/c1-13(32)41-11-22-24(45-15(3)34)26(47-17(5)36)28(49-19(7)38)30(51-22)43-9-21(40)10-44-31-29(50-20(8)39)27(48-18(6)37)25(46-16(4)35)23(52-31)12-42-14(2)33/h21-31,40H,9-12H2,1-8H3/t21?,22?,23?,24-,25-,26?,27?,28-,29-,30?,31?/m1/s1. The molecule has 0 aliphatic carbocycles. The predicted molar refractivity (Wildman–Crippen MR) is 162 cm³/mol. The Morgan fingerprint density at radius 1 is 0.442 bits per heavy atom. The van der Waals surface area contributed by atoms with Crippen molar-refractivity contribution in [1.29, 1.82) is 0 Å². The average molecular weight is 753 g/mol. The summed E-state index contributed by atoms with van der Waals surface area (Å²) in [5.74, 6) is -6.65. The topological polar surface area (TPSA) is 268 Å². The molecule has 0 amide bonds. The Hall–Kier alpha value is -4.44. The highest BCUT2D eigenvalue weighted by Gasteiger charge is 2.54. The molecule has 2 aliphatic heterocycles. The third-order valence-corrected chi connectivity index (χ3v) is 6.80.